The summed E-state index contributed by atoms with van der Waals surface area (Å²) in [6.07, 6.45) is 1.88. The molecule has 9 heteroatoms. The lowest BCUT2D eigenvalue weighted by atomic mass is 10.1. The first-order valence-corrected chi connectivity index (χ1v) is 13.5. The number of amides is 2. The van der Waals surface area contributed by atoms with Crippen molar-refractivity contribution in [1.82, 2.24) is 10.2 Å². The van der Waals surface area contributed by atoms with Gasteiger partial charge < -0.3 is 10.2 Å². The van der Waals surface area contributed by atoms with Crippen LogP contribution in [0.3, 0.4) is 0 Å². The summed E-state index contributed by atoms with van der Waals surface area (Å²) >= 11 is 6.11. The summed E-state index contributed by atoms with van der Waals surface area (Å²) < 4.78 is 26.2. The van der Waals surface area contributed by atoms with Crippen LogP contribution in [0.5, 0.6) is 0 Å². The van der Waals surface area contributed by atoms with E-state index in [1.165, 1.54) is 4.90 Å². The van der Waals surface area contributed by atoms with Gasteiger partial charge in [0, 0.05) is 18.1 Å². The van der Waals surface area contributed by atoms with Crippen molar-refractivity contribution < 1.29 is 18.0 Å². The van der Waals surface area contributed by atoms with E-state index in [-0.39, 0.29) is 18.4 Å². The Balaban J connectivity index is 2.35. The highest BCUT2D eigenvalue weighted by Crippen LogP contribution is 2.20. The first-order valence-electron chi connectivity index (χ1n) is 11.3. The standard InChI is InChI=1S/C25H34ClN3O4S/c1-6-20-10-12-23(13-11-20)29(34(5,32)33)17-24(30)28(16-21-8-7-9-22(26)14-21)19(4)25(31)27-15-18(2)3/h7-14,18-19H,6,15-17H2,1-5H3,(H,27,31)/t19-/m1/s1. The highest BCUT2D eigenvalue weighted by molar-refractivity contribution is 7.92. The first-order chi connectivity index (χ1) is 15.9. The SMILES string of the molecule is CCc1ccc(N(CC(=O)N(Cc2cccc(Cl)c2)[C@H](C)C(=O)NCC(C)C)S(C)(=O)=O)cc1. The van der Waals surface area contributed by atoms with Crippen LogP contribution in [0.2, 0.25) is 5.02 Å². The average molecular weight is 508 g/mol. The number of sulfonamides is 1. The molecule has 0 heterocycles. The molecule has 2 amide bonds. The van der Waals surface area contributed by atoms with E-state index in [2.05, 4.69) is 5.32 Å². The Bertz CT molecular complexity index is 1090. The molecular weight excluding hydrogens is 474 g/mol. The zero-order valence-electron chi connectivity index (χ0n) is 20.4. The molecule has 0 aromatic heterocycles. The molecule has 1 atom stereocenters. The number of halogens is 1. The van der Waals surface area contributed by atoms with Gasteiger partial charge in [-0.05, 0) is 54.7 Å². The molecule has 34 heavy (non-hydrogen) atoms. The number of carbonyl (C=O) groups excluding carboxylic acids is 2. The van der Waals surface area contributed by atoms with Crippen molar-refractivity contribution >= 4 is 39.1 Å². The van der Waals surface area contributed by atoms with Gasteiger partial charge in [0.25, 0.3) is 0 Å². The zero-order chi connectivity index (χ0) is 25.5. The Kier molecular flexibility index (Phi) is 9.94. The fourth-order valence-corrected chi connectivity index (χ4v) is 4.44. The van der Waals surface area contributed by atoms with Crippen LogP contribution in [0.15, 0.2) is 48.5 Å². The normalized spacial score (nSPS) is 12.3. The Morgan fingerprint density at radius 1 is 1.03 bits per heavy atom. The van der Waals surface area contributed by atoms with Crippen LogP contribution in [-0.2, 0) is 32.6 Å². The molecule has 0 saturated heterocycles. The number of carbonyl (C=O) groups is 2. The third kappa shape index (κ3) is 8.02. The van der Waals surface area contributed by atoms with E-state index in [1.807, 2.05) is 39.0 Å². The fourth-order valence-electron chi connectivity index (χ4n) is 3.38. The Labute approximate surface area is 208 Å². The molecule has 2 aromatic rings. The van der Waals surface area contributed by atoms with Gasteiger partial charge in [-0.15, -0.1) is 0 Å². The van der Waals surface area contributed by atoms with Crippen LogP contribution >= 0.6 is 11.6 Å². The molecule has 1 N–H and O–H groups in total. The minimum atomic E-state index is -3.75. The van der Waals surface area contributed by atoms with Gasteiger partial charge in [0.1, 0.15) is 12.6 Å². The first kappa shape index (κ1) is 27.7. The van der Waals surface area contributed by atoms with Gasteiger partial charge in [0.05, 0.1) is 11.9 Å². The monoisotopic (exact) mass is 507 g/mol. The summed E-state index contributed by atoms with van der Waals surface area (Å²) in [6, 6.07) is 13.3. The second-order valence-electron chi connectivity index (χ2n) is 8.76. The van der Waals surface area contributed by atoms with Gasteiger partial charge >= 0.3 is 0 Å². The van der Waals surface area contributed by atoms with Gasteiger partial charge in [0.15, 0.2) is 0 Å². The second-order valence-corrected chi connectivity index (χ2v) is 11.1. The van der Waals surface area contributed by atoms with E-state index >= 15 is 0 Å². The van der Waals surface area contributed by atoms with Gasteiger partial charge in [-0.3, -0.25) is 13.9 Å². The van der Waals surface area contributed by atoms with Crippen molar-refractivity contribution in [2.75, 3.05) is 23.7 Å². The molecule has 7 nitrogen and oxygen atoms in total. The maximum absolute atomic E-state index is 13.5. The highest BCUT2D eigenvalue weighted by Gasteiger charge is 2.30. The lowest BCUT2D eigenvalue weighted by Crippen LogP contribution is -2.51. The zero-order valence-corrected chi connectivity index (χ0v) is 22.0. The van der Waals surface area contributed by atoms with Crippen LogP contribution in [0.4, 0.5) is 5.69 Å². The number of benzene rings is 2. The molecule has 0 aliphatic heterocycles. The summed E-state index contributed by atoms with van der Waals surface area (Å²) in [7, 11) is -3.75. The van der Waals surface area contributed by atoms with Crippen LogP contribution < -0.4 is 9.62 Å². The minimum absolute atomic E-state index is 0.113. The van der Waals surface area contributed by atoms with Crippen molar-refractivity contribution in [2.45, 2.75) is 46.7 Å². The van der Waals surface area contributed by atoms with Crippen LogP contribution in [0, 0.1) is 5.92 Å². The van der Waals surface area contributed by atoms with E-state index in [4.69, 9.17) is 11.6 Å². The summed E-state index contributed by atoms with van der Waals surface area (Å²) in [5.74, 6) is -0.542. The summed E-state index contributed by atoms with van der Waals surface area (Å²) in [6.45, 7) is 7.77. The summed E-state index contributed by atoms with van der Waals surface area (Å²) in [5.41, 5.74) is 2.19. The van der Waals surface area contributed by atoms with Gasteiger partial charge in [-0.1, -0.05) is 56.6 Å². The number of hydrogen-bond acceptors (Lipinski definition) is 4. The van der Waals surface area contributed by atoms with Crippen molar-refractivity contribution in [3.8, 4) is 0 Å². The fraction of sp³-hybridized carbons (Fsp3) is 0.440. The molecule has 0 aliphatic rings. The van der Waals surface area contributed by atoms with Gasteiger partial charge in [0.2, 0.25) is 21.8 Å². The smallest absolute Gasteiger partial charge is 0.244 e. The van der Waals surface area contributed by atoms with Crippen LogP contribution in [0.25, 0.3) is 0 Å². The molecule has 2 rings (SSSR count). The van der Waals surface area contributed by atoms with Crippen molar-refractivity contribution in [3.05, 3.63) is 64.7 Å². The van der Waals surface area contributed by atoms with Gasteiger partial charge in [-0.25, -0.2) is 8.42 Å². The lowest BCUT2D eigenvalue weighted by Gasteiger charge is -2.31. The quantitative estimate of drug-likeness (QED) is 0.500. The molecule has 186 valence electrons. The second kappa shape index (κ2) is 12.2. The molecule has 0 unspecified atom stereocenters. The third-order valence-electron chi connectivity index (χ3n) is 5.41. The maximum Gasteiger partial charge on any atom is 0.244 e. The number of rotatable bonds is 11. The average Bonchev–Trinajstić information content (AvgIpc) is 2.78. The molecule has 0 aliphatic carbocycles. The van der Waals surface area contributed by atoms with E-state index < -0.39 is 28.5 Å². The minimum Gasteiger partial charge on any atom is -0.354 e. The molecule has 0 spiro atoms. The van der Waals surface area contributed by atoms with Crippen LogP contribution in [-0.4, -0.2) is 50.5 Å². The number of aryl methyl sites for hydroxylation is 1. The summed E-state index contributed by atoms with van der Waals surface area (Å²) in [4.78, 5) is 27.7. The van der Waals surface area contributed by atoms with E-state index in [9.17, 15) is 18.0 Å². The molecule has 2 aromatic carbocycles. The van der Waals surface area contributed by atoms with E-state index in [0.29, 0.717) is 17.3 Å². The molecule has 0 fully saturated rings. The molecule has 0 saturated carbocycles. The van der Waals surface area contributed by atoms with Crippen LogP contribution in [0.1, 0.15) is 38.8 Å². The van der Waals surface area contributed by atoms with E-state index in [1.54, 1.807) is 37.3 Å². The largest absolute Gasteiger partial charge is 0.354 e. The summed E-state index contributed by atoms with van der Waals surface area (Å²) in [5, 5.41) is 3.36. The predicted molar refractivity (Wildman–Crippen MR) is 137 cm³/mol. The number of anilines is 1. The third-order valence-corrected chi connectivity index (χ3v) is 6.78. The van der Waals surface area contributed by atoms with Crippen molar-refractivity contribution in [2.24, 2.45) is 5.92 Å². The van der Waals surface area contributed by atoms with Crippen molar-refractivity contribution in [3.63, 3.8) is 0 Å². The van der Waals surface area contributed by atoms with Crippen molar-refractivity contribution in [1.29, 1.82) is 0 Å². The Morgan fingerprint density at radius 2 is 1.68 bits per heavy atom. The number of hydrogen-bond donors (Lipinski definition) is 1. The number of nitrogens with zero attached hydrogens (tertiary/aromatic N) is 2. The molecule has 0 bridgehead atoms. The Hall–Kier alpha value is -2.58. The Morgan fingerprint density at radius 3 is 2.21 bits per heavy atom. The van der Waals surface area contributed by atoms with E-state index in [0.717, 1.165) is 28.1 Å². The number of nitrogens with one attached hydrogen (secondary N) is 1. The predicted octanol–water partition coefficient (Wildman–Crippen LogP) is 3.86. The highest BCUT2D eigenvalue weighted by atomic mass is 35.5. The maximum atomic E-state index is 13.5. The molecular formula is C25H34ClN3O4S. The van der Waals surface area contributed by atoms with Gasteiger partial charge in [-0.2, -0.15) is 0 Å². The lowest BCUT2D eigenvalue weighted by molar-refractivity contribution is -0.139. The topological polar surface area (TPSA) is 86.8 Å². The molecule has 0 radical (unpaired) electrons.